The molecule has 0 saturated carbocycles. The first kappa shape index (κ1) is 16.7. The number of nitrogens with zero attached hydrogens (tertiary/aromatic N) is 5. The Morgan fingerprint density at radius 2 is 1.81 bits per heavy atom. The second-order valence-electron chi connectivity index (χ2n) is 6.09. The summed E-state index contributed by atoms with van der Waals surface area (Å²) in [6.45, 7) is 1.96. The molecular formula is C20H18N6O. The zero-order valence-electron chi connectivity index (χ0n) is 14.7. The second-order valence-corrected chi connectivity index (χ2v) is 6.09. The van der Waals surface area contributed by atoms with E-state index in [1.807, 2.05) is 61.7 Å². The molecule has 2 heterocycles. The maximum Gasteiger partial charge on any atom is 0.253 e. The molecule has 4 rings (SSSR count). The molecule has 4 aromatic rings. The van der Waals surface area contributed by atoms with Crippen LogP contribution in [0, 0.1) is 0 Å². The molecule has 7 nitrogen and oxygen atoms in total. The molecule has 1 amide bonds. The van der Waals surface area contributed by atoms with Crippen molar-refractivity contribution in [3.8, 4) is 11.4 Å². The van der Waals surface area contributed by atoms with E-state index in [9.17, 15) is 4.79 Å². The van der Waals surface area contributed by atoms with E-state index in [1.54, 1.807) is 28.0 Å². The second kappa shape index (κ2) is 7.25. The molecule has 0 bridgehead atoms. The predicted octanol–water partition coefficient (Wildman–Crippen LogP) is 2.94. The summed E-state index contributed by atoms with van der Waals surface area (Å²) in [7, 11) is 0. The number of para-hydroxylation sites is 1. The van der Waals surface area contributed by atoms with Gasteiger partial charge in [0.15, 0.2) is 0 Å². The van der Waals surface area contributed by atoms with Gasteiger partial charge in [0.25, 0.3) is 5.91 Å². The van der Waals surface area contributed by atoms with Crippen LogP contribution in [0.15, 0.2) is 79.6 Å². The van der Waals surface area contributed by atoms with Crippen molar-refractivity contribution in [2.24, 2.45) is 0 Å². The fourth-order valence-corrected chi connectivity index (χ4v) is 2.89. The molecule has 0 radical (unpaired) electrons. The van der Waals surface area contributed by atoms with Crippen molar-refractivity contribution >= 4 is 5.91 Å². The van der Waals surface area contributed by atoms with Gasteiger partial charge in [-0.05, 0) is 42.8 Å². The molecule has 2 aromatic heterocycles. The Balaban J connectivity index is 1.52. The first-order valence-corrected chi connectivity index (χ1v) is 8.57. The van der Waals surface area contributed by atoms with Crippen LogP contribution in [0.5, 0.6) is 0 Å². The van der Waals surface area contributed by atoms with Gasteiger partial charge < -0.3 is 5.32 Å². The number of hydrogen-bond donors (Lipinski definition) is 1. The molecule has 27 heavy (non-hydrogen) atoms. The highest BCUT2D eigenvalue weighted by molar-refractivity contribution is 5.97. The van der Waals surface area contributed by atoms with E-state index in [-0.39, 0.29) is 11.9 Å². The maximum atomic E-state index is 12.8. The van der Waals surface area contributed by atoms with E-state index in [0.29, 0.717) is 5.56 Å². The standard InChI is InChI=1S/C20H18N6O/c1-15(16-7-9-17(10-8-16)26-14-21-13-23-26)24-20(27)18-5-2-3-6-19(18)25-12-4-11-22-25/h2-15H,1H3,(H,24,27)/t15-/m0/s1. The van der Waals surface area contributed by atoms with Gasteiger partial charge in [-0.1, -0.05) is 24.3 Å². The Hall–Kier alpha value is -3.74. The molecule has 0 fully saturated rings. The molecule has 1 atom stereocenters. The van der Waals surface area contributed by atoms with E-state index in [4.69, 9.17) is 0 Å². The van der Waals surface area contributed by atoms with Crippen molar-refractivity contribution in [3.05, 3.63) is 90.8 Å². The normalized spacial score (nSPS) is 11.9. The molecule has 134 valence electrons. The van der Waals surface area contributed by atoms with Gasteiger partial charge in [-0.15, -0.1) is 0 Å². The van der Waals surface area contributed by atoms with Crippen molar-refractivity contribution in [2.45, 2.75) is 13.0 Å². The van der Waals surface area contributed by atoms with Gasteiger partial charge in [-0.2, -0.15) is 10.2 Å². The van der Waals surface area contributed by atoms with Gasteiger partial charge >= 0.3 is 0 Å². The Morgan fingerprint density at radius 1 is 1.00 bits per heavy atom. The minimum atomic E-state index is -0.145. The summed E-state index contributed by atoms with van der Waals surface area (Å²) in [5.41, 5.74) is 3.24. The lowest BCUT2D eigenvalue weighted by Gasteiger charge is -2.16. The highest BCUT2D eigenvalue weighted by Gasteiger charge is 2.16. The molecule has 0 aliphatic heterocycles. The van der Waals surface area contributed by atoms with Gasteiger partial charge in [-0.25, -0.2) is 14.3 Å². The quantitative estimate of drug-likeness (QED) is 0.595. The van der Waals surface area contributed by atoms with Crippen LogP contribution in [0.2, 0.25) is 0 Å². The lowest BCUT2D eigenvalue weighted by molar-refractivity contribution is 0.0939. The predicted molar refractivity (Wildman–Crippen MR) is 101 cm³/mol. The Bertz CT molecular complexity index is 1020. The third-order valence-corrected chi connectivity index (χ3v) is 4.32. The highest BCUT2D eigenvalue weighted by Crippen LogP contribution is 2.18. The average Bonchev–Trinajstić information content (AvgIpc) is 3.42. The molecule has 1 N–H and O–H groups in total. The molecule has 2 aromatic carbocycles. The van der Waals surface area contributed by atoms with E-state index < -0.39 is 0 Å². The number of benzene rings is 2. The number of nitrogens with one attached hydrogen (secondary N) is 1. The van der Waals surface area contributed by atoms with Crippen molar-refractivity contribution in [3.63, 3.8) is 0 Å². The number of amides is 1. The summed E-state index contributed by atoms with van der Waals surface area (Å²) in [5.74, 6) is -0.144. The van der Waals surface area contributed by atoms with Crippen LogP contribution >= 0.6 is 0 Å². The average molecular weight is 358 g/mol. The van der Waals surface area contributed by atoms with Gasteiger partial charge in [-0.3, -0.25) is 4.79 Å². The number of carbonyl (C=O) groups is 1. The lowest BCUT2D eigenvalue weighted by atomic mass is 10.1. The molecule has 0 unspecified atom stereocenters. The Kier molecular flexibility index (Phi) is 4.49. The fraction of sp³-hybridized carbons (Fsp3) is 0.100. The third kappa shape index (κ3) is 3.48. The van der Waals surface area contributed by atoms with Gasteiger partial charge in [0.2, 0.25) is 0 Å². The van der Waals surface area contributed by atoms with Crippen LogP contribution in [-0.2, 0) is 0 Å². The van der Waals surface area contributed by atoms with E-state index in [1.165, 1.54) is 6.33 Å². The molecule has 0 aliphatic carbocycles. The molecular weight excluding hydrogens is 340 g/mol. The number of carbonyl (C=O) groups excluding carboxylic acids is 1. The van der Waals surface area contributed by atoms with Crippen molar-refractivity contribution in [1.82, 2.24) is 29.9 Å². The first-order valence-electron chi connectivity index (χ1n) is 8.57. The van der Waals surface area contributed by atoms with Crippen LogP contribution in [0.25, 0.3) is 11.4 Å². The summed E-state index contributed by atoms with van der Waals surface area (Å²) >= 11 is 0. The van der Waals surface area contributed by atoms with Crippen molar-refractivity contribution < 1.29 is 4.79 Å². The van der Waals surface area contributed by atoms with Crippen LogP contribution in [0.1, 0.15) is 28.9 Å². The molecule has 0 spiro atoms. The van der Waals surface area contributed by atoms with E-state index in [0.717, 1.165) is 16.9 Å². The topological polar surface area (TPSA) is 77.6 Å². The van der Waals surface area contributed by atoms with Crippen LogP contribution in [0.3, 0.4) is 0 Å². The van der Waals surface area contributed by atoms with Gasteiger partial charge in [0.1, 0.15) is 12.7 Å². The fourth-order valence-electron chi connectivity index (χ4n) is 2.89. The van der Waals surface area contributed by atoms with Gasteiger partial charge in [0.05, 0.1) is 23.0 Å². The minimum absolute atomic E-state index is 0.144. The Morgan fingerprint density at radius 3 is 2.52 bits per heavy atom. The highest BCUT2D eigenvalue weighted by atomic mass is 16.1. The van der Waals surface area contributed by atoms with Crippen LogP contribution < -0.4 is 5.32 Å². The molecule has 0 aliphatic rings. The number of aromatic nitrogens is 5. The largest absolute Gasteiger partial charge is 0.345 e. The summed E-state index contributed by atoms with van der Waals surface area (Å²) in [6, 6.07) is 16.9. The first-order chi connectivity index (χ1) is 13.2. The summed E-state index contributed by atoms with van der Waals surface area (Å²) in [6.07, 6.45) is 6.65. The summed E-state index contributed by atoms with van der Waals surface area (Å²) < 4.78 is 3.37. The monoisotopic (exact) mass is 358 g/mol. The third-order valence-electron chi connectivity index (χ3n) is 4.32. The summed E-state index contributed by atoms with van der Waals surface area (Å²) in [5, 5.41) is 11.4. The zero-order chi connectivity index (χ0) is 18.6. The smallest absolute Gasteiger partial charge is 0.253 e. The van der Waals surface area contributed by atoms with Crippen LogP contribution in [0.4, 0.5) is 0 Å². The summed E-state index contributed by atoms with van der Waals surface area (Å²) in [4.78, 5) is 16.8. The number of hydrogen-bond acceptors (Lipinski definition) is 4. The SMILES string of the molecule is C[C@H](NC(=O)c1ccccc1-n1cccn1)c1ccc(-n2cncn2)cc1. The minimum Gasteiger partial charge on any atom is -0.345 e. The zero-order valence-corrected chi connectivity index (χ0v) is 14.7. The Labute approximate surface area is 156 Å². The van der Waals surface area contributed by atoms with E-state index >= 15 is 0 Å². The number of rotatable bonds is 5. The molecule has 0 saturated heterocycles. The maximum absolute atomic E-state index is 12.8. The lowest BCUT2D eigenvalue weighted by Crippen LogP contribution is -2.27. The van der Waals surface area contributed by atoms with Crippen LogP contribution in [-0.4, -0.2) is 30.5 Å². The molecule has 7 heteroatoms. The van der Waals surface area contributed by atoms with Gasteiger partial charge in [0, 0.05) is 12.4 Å². The van der Waals surface area contributed by atoms with E-state index in [2.05, 4.69) is 20.5 Å². The van der Waals surface area contributed by atoms with Crippen molar-refractivity contribution in [2.75, 3.05) is 0 Å². The van der Waals surface area contributed by atoms with Crippen molar-refractivity contribution in [1.29, 1.82) is 0 Å².